The molecule has 0 spiro atoms. The van der Waals surface area contributed by atoms with Gasteiger partial charge in [-0.1, -0.05) is 0 Å². The molecule has 224 valence electrons. The molecule has 5 aromatic carbocycles. The van der Waals surface area contributed by atoms with Crippen molar-refractivity contribution in [3.63, 3.8) is 0 Å². The van der Waals surface area contributed by atoms with E-state index in [-0.39, 0.29) is 34.7 Å². The molecule has 8 heteroatoms. The monoisotopic (exact) mass is 594 g/mol. The Kier molecular flexibility index (Phi) is 11.9. The van der Waals surface area contributed by atoms with Crippen molar-refractivity contribution in [1.29, 1.82) is 0 Å². The third kappa shape index (κ3) is 10.9. The third-order valence-electron chi connectivity index (χ3n) is 5.92. The van der Waals surface area contributed by atoms with E-state index in [1.807, 2.05) is 0 Å². The number of carbonyl (C=O) groups excluding carboxylic acids is 3. The van der Waals surface area contributed by atoms with Crippen LogP contribution in [-0.4, -0.2) is 27.6 Å². The molecule has 5 aromatic rings. The maximum Gasteiger partial charge on any atom is 0.159 e. The summed E-state index contributed by atoms with van der Waals surface area (Å²) in [6.45, 7) is 4.51. The molecule has 2 N–H and O–H groups in total. The van der Waals surface area contributed by atoms with Crippen molar-refractivity contribution in [3.8, 4) is 34.5 Å². The van der Waals surface area contributed by atoms with Gasteiger partial charge in [0.2, 0.25) is 0 Å². The zero-order valence-corrected chi connectivity index (χ0v) is 24.4. The minimum absolute atomic E-state index is 0.0226. The Morgan fingerprint density at radius 1 is 0.432 bits per heavy atom. The van der Waals surface area contributed by atoms with Gasteiger partial charge in [-0.05, 0) is 142 Å². The number of Topliss-reactive ketones (excluding diaryl/α,β-unsaturated/α-hetero) is 3. The summed E-state index contributed by atoms with van der Waals surface area (Å²) < 4.78 is 23.8. The quantitative estimate of drug-likeness (QED) is 0.143. The van der Waals surface area contributed by atoms with Crippen molar-refractivity contribution in [2.75, 3.05) is 0 Å². The van der Waals surface area contributed by atoms with Crippen molar-refractivity contribution >= 4 is 17.3 Å². The first-order valence-electron chi connectivity index (χ1n) is 13.4. The van der Waals surface area contributed by atoms with Gasteiger partial charge in [-0.3, -0.25) is 14.4 Å². The molecule has 0 saturated carbocycles. The first kappa shape index (κ1) is 32.8. The Morgan fingerprint density at radius 2 is 0.659 bits per heavy atom. The normalized spacial score (nSPS) is 9.82. The molecular weight excluding hydrogens is 563 g/mol. The number of hydrogen-bond donors (Lipinski definition) is 2. The van der Waals surface area contributed by atoms with Crippen LogP contribution in [-0.2, 0) is 0 Å². The number of benzene rings is 5. The first-order valence-corrected chi connectivity index (χ1v) is 13.4. The summed E-state index contributed by atoms with van der Waals surface area (Å²) in [5, 5.41) is 17.3. The number of phenolic OH excluding ortho intramolecular Hbond substituents is 2. The van der Waals surface area contributed by atoms with Gasteiger partial charge >= 0.3 is 0 Å². The van der Waals surface area contributed by atoms with E-state index >= 15 is 0 Å². The van der Waals surface area contributed by atoms with Crippen LogP contribution in [0, 0.1) is 5.82 Å². The van der Waals surface area contributed by atoms with Gasteiger partial charge in [-0.2, -0.15) is 0 Å². The Hall–Kier alpha value is -5.76. The predicted octanol–water partition coefficient (Wildman–Crippen LogP) is 8.80. The van der Waals surface area contributed by atoms with Gasteiger partial charge in [-0.25, -0.2) is 4.39 Å². The Balaban J connectivity index is 0.000000238. The second kappa shape index (κ2) is 16.0. The predicted molar refractivity (Wildman–Crippen MR) is 166 cm³/mol. The topological polar surface area (TPSA) is 110 Å². The minimum atomic E-state index is -0.315. The van der Waals surface area contributed by atoms with E-state index in [1.54, 1.807) is 72.8 Å². The lowest BCUT2D eigenvalue weighted by Crippen LogP contribution is -1.92. The summed E-state index contributed by atoms with van der Waals surface area (Å²) in [6.07, 6.45) is 0. The molecule has 0 atom stereocenters. The van der Waals surface area contributed by atoms with Gasteiger partial charge in [-0.15, -0.1) is 0 Å². The minimum Gasteiger partial charge on any atom is -0.508 e. The van der Waals surface area contributed by atoms with Crippen molar-refractivity contribution < 1.29 is 38.5 Å². The van der Waals surface area contributed by atoms with E-state index in [0.29, 0.717) is 39.7 Å². The molecule has 0 aromatic heterocycles. The van der Waals surface area contributed by atoms with E-state index in [1.165, 1.54) is 69.3 Å². The van der Waals surface area contributed by atoms with E-state index in [4.69, 9.17) is 19.7 Å². The second-order valence-corrected chi connectivity index (χ2v) is 9.42. The highest BCUT2D eigenvalue weighted by molar-refractivity contribution is 5.95. The zero-order valence-electron chi connectivity index (χ0n) is 24.4. The van der Waals surface area contributed by atoms with Crippen LogP contribution in [0.3, 0.4) is 0 Å². The molecule has 0 aliphatic heterocycles. The lowest BCUT2D eigenvalue weighted by Gasteiger charge is -2.09. The second-order valence-electron chi connectivity index (χ2n) is 9.42. The molecule has 44 heavy (non-hydrogen) atoms. The van der Waals surface area contributed by atoms with Crippen LogP contribution in [0.4, 0.5) is 4.39 Å². The van der Waals surface area contributed by atoms with Crippen molar-refractivity contribution in [2.24, 2.45) is 0 Å². The summed E-state index contributed by atoms with van der Waals surface area (Å²) >= 11 is 0. The van der Waals surface area contributed by atoms with E-state index in [2.05, 4.69) is 0 Å². The van der Waals surface area contributed by atoms with Crippen LogP contribution in [0.1, 0.15) is 51.8 Å². The standard InChI is InChI=1S/C22H18O4.C8H7FO.C6H6O2/c1-15(23)17-3-7-19(8-4-17)25-21-11-13-22(14-12-21)26-20-9-5-18(6-10-20)16(2)24;1-6(10)7-2-4-8(9)5-3-7;7-5-1-2-6(8)4-3-5/h3-14H,1-2H3;2-5H,1H3;1-4,7-8H. The maximum atomic E-state index is 12.2. The molecule has 0 aliphatic rings. The highest BCUT2D eigenvalue weighted by Crippen LogP contribution is 2.27. The van der Waals surface area contributed by atoms with Crippen LogP contribution < -0.4 is 9.47 Å². The smallest absolute Gasteiger partial charge is 0.159 e. The van der Waals surface area contributed by atoms with Crippen molar-refractivity contribution in [3.05, 3.63) is 144 Å². The number of ether oxygens (including phenoxy) is 2. The highest BCUT2D eigenvalue weighted by atomic mass is 19.1. The Labute approximate surface area is 254 Å². The Bertz CT molecular complexity index is 1560. The lowest BCUT2D eigenvalue weighted by atomic mass is 10.1. The number of hydrogen-bond acceptors (Lipinski definition) is 7. The number of aromatic hydroxyl groups is 2. The van der Waals surface area contributed by atoms with Gasteiger partial charge in [0.1, 0.15) is 40.3 Å². The maximum absolute atomic E-state index is 12.2. The van der Waals surface area contributed by atoms with Gasteiger partial charge in [0.05, 0.1) is 0 Å². The van der Waals surface area contributed by atoms with Crippen LogP contribution in [0.2, 0.25) is 0 Å². The van der Waals surface area contributed by atoms with E-state index < -0.39 is 0 Å². The zero-order chi connectivity index (χ0) is 32.1. The molecule has 0 amide bonds. The van der Waals surface area contributed by atoms with Gasteiger partial charge < -0.3 is 19.7 Å². The summed E-state index contributed by atoms with van der Waals surface area (Å²) in [7, 11) is 0. The average molecular weight is 595 g/mol. The Morgan fingerprint density at radius 3 is 0.909 bits per heavy atom. The molecular formula is C36H31FO7. The fourth-order valence-corrected chi connectivity index (χ4v) is 3.50. The van der Waals surface area contributed by atoms with E-state index in [0.717, 1.165) is 0 Å². The number of rotatable bonds is 7. The first-order chi connectivity index (χ1) is 21.0. The summed E-state index contributed by atoms with van der Waals surface area (Å²) in [4.78, 5) is 33.2. The van der Waals surface area contributed by atoms with Crippen molar-refractivity contribution in [1.82, 2.24) is 0 Å². The van der Waals surface area contributed by atoms with Crippen LogP contribution in [0.5, 0.6) is 34.5 Å². The highest BCUT2D eigenvalue weighted by Gasteiger charge is 2.04. The molecule has 0 unspecified atom stereocenters. The fraction of sp³-hybridized carbons (Fsp3) is 0.0833. The largest absolute Gasteiger partial charge is 0.508 e. The third-order valence-corrected chi connectivity index (χ3v) is 5.92. The fourth-order valence-electron chi connectivity index (χ4n) is 3.50. The molecule has 0 bridgehead atoms. The van der Waals surface area contributed by atoms with Crippen LogP contribution in [0.25, 0.3) is 0 Å². The molecule has 0 aliphatic carbocycles. The summed E-state index contributed by atoms with van der Waals surface area (Å²) in [6, 6.07) is 32.4. The van der Waals surface area contributed by atoms with Crippen molar-refractivity contribution in [2.45, 2.75) is 20.8 Å². The van der Waals surface area contributed by atoms with Gasteiger partial charge in [0.15, 0.2) is 17.3 Å². The van der Waals surface area contributed by atoms with Gasteiger partial charge in [0.25, 0.3) is 0 Å². The molecule has 7 nitrogen and oxygen atoms in total. The SMILES string of the molecule is CC(=O)c1ccc(F)cc1.CC(=O)c1ccc(Oc2ccc(Oc3ccc(C(C)=O)cc3)cc2)cc1.Oc1ccc(O)cc1. The number of ketones is 3. The molecule has 0 radical (unpaired) electrons. The van der Waals surface area contributed by atoms with E-state index in [9.17, 15) is 18.8 Å². The summed E-state index contributed by atoms with van der Waals surface area (Å²) in [5.41, 5.74) is 1.84. The molecule has 5 rings (SSSR count). The molecule has 0 heterocycles. The van der Waals surface area contributed by atoms with Crippen LogP contribution in [0.15, 0.2) is 121 Å². The van der Waals surface area contributed by atoms with Gasteiger partial charge in [0, 0.05) is 16.7 Å². The molecule has 0 fully saturated rings. The number of phenols is 2. The average Bonchev–Trinajstić information content (AvgIpc) is 3.01. The van der Waals surface area contributed by atoms with Crippen LogP contribution >= 0.6 is 0 Å². The lowest BCUT2D eigenvalue weighted by molar-refractivity contribution is 0.100. The number of carbonyl (C=O) groups is 3. The summed E-state index contributed by atoms with van der Waals surface area (Å²) in [5.74, 6) is 2.67. The number of halogens is 1. The molecule has 0 saturated heterocycles.